The van der Waals surface area contributed by atoms with Crippen LogP contribution in [-0.2, 0) is 19.6 Å². The molecule has 0 N–H and O–H groups in total. The number of aryl methyl sites for hydroxylation is 2. The van der Waals surface area contributed by atoms with E-state index < -0.39 is 0 Å². The molecule has 0 fully saturated rings. The lowest BCUT2D eigenvalue weighted by Gasteiger charge is -2.27. The standard InChI is InChI=1S/C17H19ClN6/c1-12-15(17(18)24(21-12)14-6-4-3-5-7-14)10-22-8-9-23-13(2)19-20-16(23)11-22/h3-7H,8-11H2,1-2H3. The highest BCUT2D eigenvalue weighted by Crippen LogP contribution is 2.26. The van der Waals surface area contributed by atoms with E-state index >= 15 is 0 Å². The predicted octanol–water partition coefficient (Wildman–Crippen LogP) is 2.75. The second kappa shape index (κ2) is 6.03. The predicted molar refractivity (Wildman–Crippen MR) is 92.2 cm³/mol. The van der Waals surface area contributed by atoms with Crippen LogP contribution in [0.1, 0.15) is 22.9 Å². The van der Waals surface area contributed by atoms with Crippen molar-refractivity contribution in [1.29, 1.82) is 0 Å². The minimum Gasteiger partial charge on any atom is -0.313 e. The Kier molecular flexibility index (Phi) is 3.86. The van der Waals surface area contributed by atoms with Crippen LogP contribution in [0.2, 0.25) is 5.15 Å². The van der Waals surface area contributed by atoms with Crippen LogP contribution in [0.15, 0.2) is 30.3 Å². The maximum atomic E-state index is 6.63. The normalized spacial score (nSPS) is 14.8. The number of hydrogen-bond acceptors (Lipinski definition) is 4. The summed E-state index contributed by atoms with van der Waals surface area (Å²) in [5.74, 6) is 2.00. The summed E-state index contributed by atoms with van der Waals surface area (Å²) in [7, 11) is 0. The van der Waals surface area contributed by atoms with Crippen molar-refractivity contribution in [2.75, 3.05) is 6.54 Å². The Balaban J connectivity index is 1.59. The first-order valence-corrected chi connectivity index (χ1v) is 8.41. The van der Waals surface area contributed by atoms with Gasteiger partial charge in [-0.15, -0.1) is 10.2 Å². The summed E-state index contributed by atoms with van der Waals surface area (Å²) >= 11 is 6.63. The third-order valence-electron chi connectivity index (χ3n) is 4.52. The zero-order valence-corrected chi connectivity index (χ0v) is 14.5. The quantitative estimate of drug-likeness (QED) is 0.734. The molecule has 0 aliphatic carbocycles. The third kappa shape index (κ3) is 2.61. The number of rotatable bonds is 3. The molecule has 0 saturated carbocycles. The van der Waals surface area contributed by atoms with E-state index in [1.54, 1.807) is 0 Å². The molecule has 0 saturated heterocycles. The monoisotopic (exact) mass is 342 g/mol. The van der Waals surface area contributed by atoms with Crippen molar-refractivity contribution in [2.45, 2.75) is 33.5 Å². The topological polar surface area (TPSA) is 51.8 Å². The van der Waals surface area contributed by atoms with Crippen molar-refractivity contribution >= 4 is 11.6 Å². The number of para-hydroxylation sites is 1. The molecule has 1 aromatic carbocycles. The molecule has 0 amide bonds. The minimum absolute atomic E-state index is 0.682. The van der Waals surface area contributed by atoms with E-state index in [0.29, 0.717) is 5.15 Å². The fourth-order valence-corrected chi connectivity index (χ4v) is 3.49. The summed E-state index contributed by atoms with van der Waals surface area (Å²) in [5.41, 5.74) is 3.02. The number of benzene rings is 1. The molecule has 0 spiro atoms. The highest BCUT2D eigenvalue weighted by molar-refractivity contribution is 6.30. The van der Waals surface area contributed by atoms with Gasteiger partial charge in [0, 0.05) is 25.2 Å². The third-order valence-corrected chi connectivity index (χ3v) is 4.91. The lowest BCUT2D eigenvalue weighted by molar-refractivity contribution is 0.207. The van der Waals surface area contributed by atoms with E-state index in [1.165, 1.54) is 0 Å². The van der Waals surface area contributed by atoms with Crippen LogP contribution in [0.4, 0.5) is 0 Å². The Labute approximate surface area is 145 Å². The molecular formula is C17H19ClN6. The molecule has 7 heteroatoms. The lowest BCUT2D eigenvalue weighted by atomic mass is 10.2. The summed E-state index contributed by atoms with van der Waals surface area (Å²) in [6.07, 6.45) is 0. The first-order chi connectivity index (χ1) is 11.6. The molecule has 3 heterocycles. The van der Waals surface area contributed by atoms with Gasteiger partial charge >= 0.3 is 0 Å². The van der Waals surface area contributed by atoms with E-state index in [4.69, 9.17) is 11.6 Å². The number of halogens is 1. The number of aromatic nitrogens is 5. The first kappa shape index (κ1) is 15.4. The van der Waals surface area contributed by atoms with E-state index in [9.17, 15) is 0 Å². The van der Waals surface area contributed by atoms with Crippen molar-refractivity contribution in [1.82, 2.24) is 29.4 Å². The minimum atomic E-state index is 0.682. The van der Waals surface area contributed by atoms with Crippen molar-refractivity contribution in [3.8, 4) is 5.69 Å². The van der Waals surface area contributed by atoms with Crippen LogP contribution in [0.3, 0.4) is 0 Å². The molecule has 24 heavy (non-hydrogen) atoms. The zero-order valence-electron chi connectivity index (χ0n) is 13.8. The second-order valence-electron chi connectivity index (χ2n) is 6.13. The van der Waals surface area contributed by atoms with Gasteiger partial charge < -0.3 is 4.57 Å². The largest absolute Gasteiger partial charge is 0.313 e. The van der Waals surface area contributed by atoms with Crippen molar-refractivity contribution in [2.24, 2.45) is 0 Å². The molecular weight excluding hydrogens is 324 g/mol. The SMILES string of the molecule is Cc1nn(-c2ccccc2)c(Cl)c1CN1CCn2c(C)nnc2C1. The lowest BCUT2D eigenvalue weighted by Crippen LogP contribution is -2.33. The average molecular weight is 343 g/mol. The maximum absolute atomic E-state index is 6.63. The van der Waals surface area contributed by atoms with Crippen molar-refractivity contribution in [3.05, 3.63) is 58.4 Å². The van der Waals surface area contributed by atoms with Gasteiger partial charge in [-0.2, -0.15) is 5.10 Å². The number of hydrogen-bond donors (Lipinski definition) is 0. The molecule has 1 aliphatic rings. The molecule has 124 valence electrons. The van der Waals surface area contributed by atoms with E-state index in [1.807, 2.05) is 48.9 Å². The maximum Gasteiger partial charge on any atom is 0.147 e. The summed E-state index contributed by atoms with van der Waals surface area (Å²) in [6.45, 7) is 7.43. The summed E-state index contributed by atoms with van der Waals surface area (Å²) in [4.78, 5) is 2.34. The van der Waals surface area contributed by atoms with Gasteiger partial charge in [0.05, 0.1) is 17.9 Å². The molecule has 0 unspecified atom stereocenters. The van der Waals surface area contributed by atoms with Gasteiger partial charge in [-0.25, -0.2) is 4.68 Å². The van der Waals surface area contributed by atoms with Gasteiger partial charge in [0.25, 0.3) is 0 Å². The highest BCUT2D eigenvalue weighted by Gasteiger charge is 2.23. The fraction of sp³-hybridized carbons (Fsp3) is 0.353. The van der Waals surface area contributed by atoms with Gasteiger partial charge in [0.15, 0.2) is 0 Å². The Morgan fingerprint density at radius 3 is 2.67 bits per heavy atom. The Morgan fingerprint density at radius 2 is 1.88 bits per heavy atom. The molecule has 1 aliphatic heterocycles. The first-order valence-electron chi connectivity index (χ1n) is 8.04. The van der Waals surface area contributed by atoms with Crippen LogP contribution in [0, 0.1) is 13.8 Å². The molecule has 2 aromatic heterocycles. The van der Waals surface area contributed by atoms with Crippen LogP contribution in [-0.4, -0.2) is 36.0 Å². The summed E-state index contributed by atoms with van der Waals surface area (Å²) in [5, 5.41) is 13.7. The van der Waals surface area contributed by atoms with Crippen molar-refractivity contribution < 1.29 is 0 Å². The molecule has 0 atom stereocenters. The fourth-order valence-electron chi connectivity index (χ4n) is 3.16. The smallest absolute Gasteiger partial charge is 0.147 e. The average Bonchev–Trinajstić information content (AvgIpc) is 3.10. The molecule has 6 nitrogen and oxygen atoms in total. The molecule has 0 bridgehead atoms. The Morgan fingerprint density at radius 1 is 1.08 bits per heavy atom. The van der Waals surface area contributed by atoms with Gasteiger partial charge in [0.1, 0.15) is 16.8 Å². The van der Waals surface area contributed by atoms with Crippen LogP contribution < -0.4 is 0 Å². The molecule has 3 aromatic rings. The summed E-state index contributed by atoms with van der Waals surface area (Å²) in [6, 6.07) is 9.98. The Hall–Kier alpha value is -2.18. The van der Waals surface area contributed by atoms with E-state index in [2.05, 4.69) is 24.8 Å². The van der Waals surface area contributed by atoms with E-state index in [0.717, 1.165) is 54.8 Å². The van der Waals surface area contributed by atoms with Crippen LogP contribution >= 0.6 is 11.6 Å². The highest BCUT2D eigenvalue weighted by atomic mass is 35.5. The number of fused-ring (bicyclic) bond motifs is 1. The van der Waals surface area contributed by atoms with Crippen LogP contribution in [0.25, 0.3) is 5.69 Å². The van der Waals surface area contributed by atoms with E-state index in [-0.39, 0.29) is 0 Å². The van der Waals surface area contributed by atoms with Crippen molar-refractivity contribution in [3.63, 3.8) is 0 Å². The number of nitrogens with zero attached hydrogens (tertiary/aromatic N) is 6. The van der Waals surface area contributed by atoms with Gasteiger partial charge in [-0.05, 0) is 26.0 Å². The zero-order chi connectivity index (χ0) is 16.7. The van der Waals surface area contributed by atoms with Gasteiger partial charge in [0.2, 0.25) is 0 Å². The molecule has 4 rings (SSSR count). The Bertz CT molecular complexity index is 867. The molecule has 0 radical (unpaired) electrons. The van der Waals surface area contributed by atoms with Crippen LogP contribution in [0.5, 0.6) is 0 Å². The van der Waals surface area contributed by atoms with Gasteiger partial charge in [-0.3, -0.25) is 4.90 Å². The van der Waals surface area contributed by atoms with Gasteiger partial charge in [-0.1, -0.05) is 29.8 Å². The second-order valence-corrected chi connectivity index (χ2v) is 6.49. The summed E-state index contributed by atoms with van der Waals surface area (Å²) < 4.78 is 3.99.